The first-order valence-corrected chi connectivity index (χ1v) is 9.51. The zero-order chi connectivity index (χ0) is 14.7. The van der Waals surface area contributed by atoms with Gasteiger partial charge in [-0.25, -0.2) is 21.8 Å². The van der Waals surface area contributed by atoms with Crippen molar-refractivity contribution in [2.24, 2.45) is 0 Å². The fraction of sp³-hybridized carbons (Fsp3) is 0.556. The molecule has 7 nitrogen and oxygen atoms in total. The van der Waals surface area contributed by atoms with E-state index >= 15 is 0 Å². The molecule has 0 saturated heterocycles. The van der Waals surface area contributed by atoms with E-state index in [1.54, 1.807) is 0 Å². The highest BCUT2D eigenvalue weighted by Gasteiger charge is 2.23. The van der Waals surface area contributed by atoms with Crippen molar-refractivity contribution >= 4 is 29.6 Å². The number of aryl methyl sites for hydroxylation is 1. The molecule has 10 heteroatoms. The molecular formula is C9H13ClN2O5S2. The first-order chi connectivity index (χ1) is 8.67. The summed E-state index contributed by atoms with van der Waals surface area (Å²) < 4.78 is 46.5. The maximum absolute atomic E-state index is 11.9. The highest BCUT2D eigenvalue weighted by atomic mass is 35.7. The topological polar surface area (TPSA) is 103 Å². The summed E-state index contributed by atoms with van der Waals surface area (Å²) in [6.07, 6.45) is 3.22. The second kappa shape index (κ2) is 6.02. The van der Waals surface area contributed by atoms with Gasteiger partial charge >= 0.3 is 0 Å². The molecule has 0 saturated carbocycles. The molecule has 0 aromatic carbocycles. The second-order valence-electron chi connectivity index (χ2n) is 3.79. The lowest BCUT2D eigenvalue weighted by atomic mass is 10.5. The van der Waals surface area contributed by atoms with Crippen LogP contribution >= 0.6 is 10.7 Å². The molecule has 1 heterocycles. The van der Waals surface area contributed by atoms with Gasteiger partial charge < -0.3 is 4.57 Å². The van der Waals surface area contributed by atoms with Crippen LogP contribution in [0.3, 0.4) is 0 Å². The number of rotatable bonds is 6. The number of aromatic nitrogens is 2. The smallest absolute Gasteiger partial charge is 0.288 e. The minimum absolute atomic E-state index is 0.359. The van der Waals surface area contributed by atoms with Gasteiger partial charge in [0.1, 0.15) is 0 Å². The predicted octanol–water partition coefficient (Wildman–Crippen LogP) is -0.00440. The van der Waals surface area contributed by atoms with Crippen LogP contribution in [0.2, 0.25) is 0 Å². The normalized spacial score (nSPS) is 12.5. The Morgan fingerprint density at radius 3 is 2.42 bits per heavy atom. The Morgan fingerprint density at radius 2 is 1.89 bits per heavy atom. The Labute approximate surface area is 115 Å². The number of hydrogen-bond donors (Lipinski definition) is 0. The van der Waals surface area contributed by atoms with Crippen molar-refractivity contribution in [2.45, 2.75) is 24.9 Å². The molecule has 1 aromatic rings. The van der Waals surface area contributed by atoms with Crippen molar-refractivity contribution in [3.8, 4) is 0 Å². The fourth-order valence-corrected chi connectivity index (χ4v) is 4.40. The molecule has 0 bridgehead atoms. The lowest BCUT2D eigenvalue weighted by Crippen LogP contribution is -2.29. The molecule has 0 aliphatic rings. The molecule has 0 unspecified atom stereocenters. The van der Waals surface area contributed by atoms with E-state index in [9.17, 15) is 21.6 Å². The molecule has 0 aliphatic carbocycles. The average Bonchev–Trinajstić information content (AvgIpc) is 2.29. The van der Waals surface area contributed by atoms with Gasteiger partial charge in [0.05, 0.1) is 11.5 Å². The van der Waals surface area contributed by atoms with E-state index < -0.39 is 41.0 Å². The van der Waals surface area contributed by atoms with E-state index in [0.29, 0.717) is 13.0 Å². The molecule has 0 amide bonds. The summed E-state index contributed by atoms with van der Waals surface area (Å²) in [5.74, 6) is -1.53. The van der Waals surface area contributed by atoms with Crippen LogP contribution in [0, 0.1) is 0 Å². The van der Waals surface area contributed by atoms with Gasteiger partial charge in [-0.3, -0.25) is 4.79 Å². The van der Waals surface area contributed by atoms with Crippen molar-refractivity contribution in [3.05, 3.63) is 22.7 Å². The summed E-state index contributed by atoms with van der Waals surface area (Å²) in [5, 5.41) is -0.649. The predicted molar refractivity (Wildman–Crippen MR) is 70.5 cm³/mol. The fourth-order valence-electron chi connectivity index (χ4n) is 1.36. The Bertz CT molecular complexity index is 708. The molecule has 0 spiro atoms. The van der Waals surface area contributed by atoms with E-state index in [1.165, 1.54) is 17.0 Å². The Balaban J connectivity index is 3.16. The molecule has 1 aromatic heterocycles. The van der Waals surface area contributed by atoms with Crippen molar-refractivity contribution in [3.63, 3.8) is 0 Å². The van der Waals surface area contributed by atoms with Crippen LogP contribution in [-0.4, -0.2) is 37.9 Å². The Hall–Kier alpha value is -0.930. The second-order valence-corrected chi connectivity index (χ2v) is 8.71. The van der Waals surface area contributed by atoms with Gasteiger partial charge in [0, 0.05) is 29.6 Å². The molecular weight excluding hydrogens is 316 g/mol. The van der Waals surface area contributed by atoms with Gasteiger partial charge in [0.25, 0.3) is 5.56 Å². The summed E-state index contributed by atoms with van der Waals surface area (Å²) in [7, 11) is -3.06. The molecule has 19 heavy (non-hydrogen) atoms. The minimum Gasteiger partial charge on any atom is -0.312 e. The summed E-state index contributed by atoms with van der Waals surface area (Å²) >= 11 is 0. The quantitative estimate of drug-likeness (QED) is 0.681. The lowest BCUT2D eigenvalue weighted by molar-refractivity contribution is 0.578. The Morgan fingerprint density at radius 1 is 1.26 bits per heavy atom. The third-order valence-electron chi connectivity index (χ3n) is 2.24. The molecule has 108 valence electrons. The van der Waals surface area contributed by atoms with Crippen LogP contribution < -0.4 is 5.56 Å². The van der Waals surface area contributed by atoms with Gasteiger partial charge in [0.15, 0.2) is 0 Å². The number of halogens is 1. The molecule has 0 fully saturated rings. The van der Waals surface area contributed by atoms with E-state index in [4.69, 9.17) is 10.7 Å². The van der Waals surface area contributed by atoms with Crippen LogP contribution in [0.5, 0.6) is 0 Å². The average molecular weight is 329 g/mol. The molecule has 0 atom stereocenters. The maximum Gasteiger partial charge on any atom is 0.288 e. The van der Waals surface area contributed by atoms with Gasteiger partial charge in [-0.15, -0.1) is 0 Å². The Kier molecular flexibility index (Phi) is 5.11. The third kappa shape index (κ3) is 4.59. The van der Waals surface area contributed by atoms with Crippen LogP contribution in [0.4, 0.5) is 0 Å². The number of sulfone groups is 1. The van der Waals surface area contributed by atoms with Crippen molar-refractivity contribution in [1.82, 2.24) is 9.55 Å². The molecule has 0 aliphatic heterocycles. The first kappa shape index (κ1) is 16.1. The van der Waals surface area contributed by atoms with E-state index in [0.717, 1.165) is 0 Å². The zero-order valence-corrected chi connectivity index (χ0v) is 12.5. The minimum atomic E-state index is -4.07. The van der Waals surface area contributed by atoms with Crippen molar-refractivity contribution in [1.29, 1.82) is 0 Å². The highest BCUT2D eigenvalue weighted by molar-refractivity contribution is 8.14. The van der Waals surface area contributed by atoms with Crippen LogP contribution in [-0.2, 0) is 25.4 Å². The molecule has 0 radical (unpaired) electrons. The number of nitrogens with zero attached hydrogens (tertiary/aromatic N) is 2. The largest absolute Gasteiger partial charge is 0.312 e. The lowest BCUT2D eigenvalue weighted by Gasteiger charge is -2.06. The standard InChI is InChI=1S/C9H13ClN2O5S2/c1-2-4-12-5-3-11-8(9(12)13)18(14,15)6-7-19(10,16)17/h3,5H,2,4,6-7H2,1H3. The summed E-state index contributed by atoms with van der Waals surface area (Å²) in [6.45, 7) is 2.19. The zero-order valence-electron chi connectivity index (χ0n) is 10.1. The highest BCUT2D eigenvalue weighted by Crippen LogP contribution is 2.05. The van der Waals surface area contributed by atoms with E-state index in [1.807, 2.05) is 6.92 Å². The molecule has 0 N–H and O–H groups in total. The summed E-state index contributed by atoms with van der Waals surface area (Å²) in [6, 6.07) is 0. The third-order valence-corrected chi connectivity index (χ3v) is 5.26. The van der Waals surface area contributed by atoms with Gasteiger partial charge in [-0.05, 0) is 6.42 Å². The van der Waals surface area contributed by atoms with Crippen molar-refractivity contribution in [2.75, 3.05) is 11.5 Å². The summed E-state index contributed by atoms with van der Waals surface area (Å²) in [4.78, 5) is 15.4. The first-order valence-electron chi connectivity index (χ1n) is 5.38. The SMILES string of the molecule is CCCn1ccnc(S(=O)(=O)CCS(=O)(=O)Cl)c1=O. The number of hydrogen-bond acceptors (Lipinski definition) is 6. The summed E-state index contributed by atoms with van der Waals surface area (Å²) in [5.41, 5.74) is -0.753. The molecule has 1 rings (SSSR count). The van der Waals surface area contributed by atoms with Crippen LogP contribution in [0.1, 0.15) is 13.3 Å². The van der Waals surface area contributed by atoms with Gasteiger partial charge in [0.2, 0.25) is 23.9 Å². The van der Waals surface area contributed by atoms with Crippen LogP contribution in [0.15, 0.2) is 22.2 Å². The van der Waals surface area contributed by atoms with E-state index in [-0.39, 0.29) is 0 Å². The van der Waals surface area contributed by atoms with Gasteiger partial charge in [-0.2, -0.15) is 0 Å². The van der Waals surface area contributed by atoms with Gasteiger partial charge in [-0.1, -0.05) is 6.92 Å². The monoisotopic (exact) mass is 328 g/mol. The van der Waals surface area contributed by atoms with Crippen LogP contribution in [0.25, 0.3) is 0 Å². The maximum atomic E-state index is 11.9. The van der Waals surface area contributed by atoms with E-state index in [2.05, 4.69) is 4.98 Å². The van der Waals surface area contributed by atoms with Crippen molar-refractivity contribution < 1.29 is 16.8 Å².